The van der Waals surface area contributed by atoms with Gasteiger partial charge in [0.2, 0.25) is 10.0 Å². The average molecular weight is 444 g/mol. The smallest absolute Gasteiger partial charge is 0.231 e. The van der Waals surface area contributed by atoms with Crippen molar-refractivity contribution in [3.05, 3.63) is 88.9 Å². The highest BCUT2D eigenvalue weighted by atomic mass is 35.5. The molecule has 0 spiro atoms. The molecule has 0 aliphatic carbocycles. The fourth-order valence-corrected chi connectivity index (χ4v) is 4.13. The van der Waals surface area contributed by atoms with Crippen LogP contribution in [0.3, 0.4) is 0 Å². The standard InChI is InChI=1S/C21H15Cl2N3O2S/c22-15-11-9-14(10-12-15)18-13-20(16-5-1-2-6-17(16)23)26(25-18)19-7-3-4-8-21(19)29(24,27)28/h1-13H,(H2,24,27,28). The summed E-state index contributed by atoms with van der Waals surface area (Å²) in [6, 6.07) is 22.8. The van der Waals surface area contributed by atoms with E-state index < -0.39 is 10.0 Å². The molecule has 8 heteroatoms. The van der Waals surface area contributed by atoms with Gasteiger partial charge in [-0.1, -0.05) is 65.7 Å². The van der Waals surface area contributed by atoms with Crippen LogP contribution in [0.2, 0.25) is 10.0 Å². The normalized spacial score (nSPS) is 11.6. The van der Waals surface area contributed by atoms with Crippen LogP contribution >= 0.6 is 23.2 Å². The molecular formula is C21H15Cl2N3O2S. The monoisotopic (exact) mass is 443 g/mol. The van der Waals surface area contributed by atoms with Crippen molar-refractivity contribution in [3.63, 3.8) is 0 Å². The third-order valence-electron chi connectivity index (χ3n) is 4.40. The van der Waals surface area contributed by atoms with Gasteiger partial charge in [0.25, 0.3) is 0 Å². The van der Waals surface area contributed by atoms with Crippen LogP contribution in [-0.2, 0) is 10.0 Å². The number of rotatable bonds is 4. The molecule has 0 saturated carbocycles. The predicted molar refractivity (Wildman–Crippen MR) is 116 cm³/mol. The highest BCUT2D eigenvalue weighted by molar-refractivity contribution is 7.89. The molecule has 4 rings (SSSR count). The summed E-state index contributed by atoms with van der Waals surface area (Å²) in [5, 5.41) is 11.2. The van der Waals surface area contributed by atoms with Crippen molar-refractivity contribution >= 4 is 33.2 Å². The molecule has 0 atom stereocenters. The molecular weight excluding hydrogens is 429 g/mol. The van der Waals surface area contributed by atoms with Crippen molar-refractivity contribution in [2.24, 2.45) is 5.14 Å². The van der Waals surface area contributed by atoms with Gasteiger partial charge < -0.3 is 0 Å². The van der Waals surface area contributed by atoms with Crippen molar-refractivity contribution in [3.8, 4) is 28.2 Å². The quantitative estimate of drug-likeness (QED) is 0.472. The Kier molecular flexibility index (Phi) is 5.19. The van der Waals surface area contributed by atoms with Crippen LogP contribution < -0.4 is 5.14 Å². The zero-order valence-electron chi connectivity index (χ0n) is 15.0. The molecule has 5 nitrogen and oxygen atoms in total. The number of halogens is 2. The van der Waals surface area contributed by atoms with Gasteiger partial charge in [0, 0.05) is 21.2 Å². The number of hydrogen-bond donors (Lipinski definition) is 1. The van der Waals surface area contributed by atoms with Gasteiger partial charge >= 0.3 is 0 Å². The van der Waals surface area contributed by atoms with Gasteiger partial charge in [-0.2, -0.15) is 5.10 Å². The summed E-state index contributed by atoms with van der Waals surface area (Å²) in [6.45, 7) is 0. The molecule has 1 aromatic heterocycles. The van der Waals surface area contributed by atoms with Gasteiger partial charge in [-0.15, -0.1) is 0 Å². The first-order valence-corrected chi connectivity index (χ1v) is 10.9. The molecule has 29 heavy (non-hydrogen) atoms. The number of aromatic nitrogens is 2. The van der Waals surface area contributed by atoms with E-state index in [1.54, 1.807) is 41.1 Å². The molecule has 0 saturated heterocycles. The number of hydrogen-bond acceptors (Lipinski definition) is 3. The van der Waals surface area contributed by atoms with Crippen LogP contribution in [0.4, 0.5) is 0 Å². The zero-order valence-corrected chi connectivity index (χ0v) is 17.3. The Hall–Kier alpha value is -2.64. The Labute approximate surface area is 178 Å². The zero-order chi connectivity index (χ0) is 20.6. The molecule has 2 N–H and O–H groups in total. The number of nitrogens with two attached hydrogens (primary N) is 1. The second kappa shape index (κ2) is 7.65. The molecule has 0 amide bonds. The van der Waals surface area contributed by atoms with Gasteiger partial charge in [0.15, 0.2) is 0 Å². The van der Waals surface area contributed by atoms with Crippen LogP contribution in [0, 0.1) is 0 Å². The first kappa shape index (κ1) is 19.7. The molecule has 0 bridgehead atoms. The first-order chi connectivity index (χ1) is 13.8. The third-order valence-corrected chi connectivity index (χ3v) is 5.94. The summed E-state index contributed by atoms with van der Waals surface area (Å²) in [6.07, 6.45) is 0. The Morgan fingerprint density at radius 2 is 1.52 bits per heavy atom. The highest BCUT2D eigenvalue weighted by Gasteiger charge is 2.20. The van der Waals surface area contributed by atoms with E-state index in [-0.39, 0.29) is 4.90 Å². The Morgan fingerprint density at radius 3 is 2.21 bits per heavy atom. The summed E-state index contributed by atoms with van der Waals surface area (Å²) in [7, 11) is -3.96. The molecule has 4 aromatic rings. The van der Waals surface area contributed by atoms with Crippen molar-refractivity contribution in [1.82, 2.24) is 9.78 Å². The molecule has 0 aliphatic rings. The van der Waals surface area contributed by atoms with E-state index in [4.69, 9.17) is 28.3 Å². The fourth-order valence-electron chi connectivity index (χ4n) is 3.06. The second-order valence-electron chi connectivity index (χ2n) is 6.33. The van der Waals surface area contributed by atoms with E-state index in [2.05, 4.69) is 5.10 Å². The highest BCUT2D eigenvalue weighted by Crippen LogP contribution is 2.34. The van der Waals surface area contributed by atoms with E-state index in [0.717, 1.165) is 5.56 Å². The number of benzene rings is 3. The lowest BCUT2D eigenvalue weighted by molar-refractivity contribution is 0.596. The van der Waals surface area contributed by atoms with Gasteiger partial charge in [-0.25, -0.2) is 18.2 Å². The molecule has 0 radical (unpaired) electrons. The Morgan fingerprint density at radius 1 is 0.862 bits per heavy atom. The van der Waals surface area contributed by atoms with Crippen molar-refractivity contribution < 1.29 is 8.42 Å². The SMILES string of the molecule is NS(=O)(=O)c1ccccc1-n1nc(-c2ccc(Cl)cc2)cc1-c1ccccc1Cl. The minimum absolute atomic E-state index is 0.0286. The molecule has 3 aromatic carbocycles. The fraction of sp³-hybridized carbons (Fsp3) is 0. The van der Waals surface area contributed by atoms with Crippen LogP contribution in [0.15, 0.2) is 83.8 Å². The summed E-state index contributed by atoms with van der Waals surface area (Å²) >= 11 is 12.4. The van der Waals surface area contributed by atoms with Crippen molar-refractivity contribution in [2.45, 2.75) is 4.90 Å². The summed E-state index contributed by atoms with van der Waals surface area (Å²) in [4.78, 5) is -0.0286. The number of primary sulfonamides is 1. The molecule has 0 fully saturated rings. The molecule has 0 aliphatic heterocycles. The lowest BCUT2D eigenvalue weighted by Crippen LogP contribution is -2.16. The van der Waals surface area contributed by atoms with Crippen LogP contribution in [0.25, 0.3) is 28.2 Å². The van der Waals surface area contributed by atoms with Crippen LogP contribution in [-0.4, -0.2) is 18.2 Å². The second-order valence-corrected chi connectivity index (χ2v) is 8.70. The third kappa shape index (κ3) is 3.93. The average Bonchev–Trinajstić information content (AvgIpc) is 3.13. The van der Waals surface area contributed by atoms with Crippen molar-refractivity contribution in [1.29, 1.82) is 0 Å². The number of nitrogens with zero attached hydrogens (tertiary/aromatic N) is 2. The lowest BCUT2D eigenvalue weighted by Gasteiger charge is -2.12. The maximum absolute atomic E-state index is 12.2. The lowest BCUT2D eigenvalue weighted by atomic mass is 10.1. The maximum atomic E-state index is 12.2. The summed E-state index contributed by atoms with van der Waals surface area (Å²) in [5.74, 6) is 0. The van der Waals surface area contributed by atoms with Gasteiger partial charge in [0.05, 0.1) is 17.1 Å². The molecule has 146 valence electrons. The summed E-state index contributed by atoms with van der Waals surface area (Å²) in [5.41, 5.74) is 3.16. The van der Waals surface area contributed by atoms with E-state index in [0.29, 0.717) is 32.7 Å². The minimum atomic E-state index is -3.96. The van der Waals surface area contributed by atoms with Gasteiger partial charge in [-0.3, -0.25) is 0 Å². The van der Waals surface area contributed by atoms with E-state index in [1.807, 2.05) is 36.4 Å². The van der Waals surface area contributed by atoms with Crippen LogP contribution in [0.1, 0.15) is 0 Å². The maximum Gasteiger partial charge on any atom is 0.240 e. The van der Waals surface area contributed by atoms with E-state index >= 15 is 0 Å². The molecule has 1 heterocycles. The van der Waals surface area contributed by atoms with Crippen molar-refractivity contribution in [2.75, 3.05) is 0 Å². The Balaban J connectivity index is 2.01. The molecule has 0 unspecified atom stereocenters. The van der Waals surface area contributed by atoms with Gasteiger partial charge in [0.1, 0.15) is 4.90 Å². The van der Waals surface area contributed by atoms with E-state index in [9.17, 15) is 8.42 Å². The number of para-hydroxylation sites is 1. The summed E-state index contributed by atoms with van der Waals surface area (Å²) < 4.78 is 25.9. The minimum Gasteiger partial charge on any atom is -0.231 e. The topological polar surface area (TPSA) is 78.0 Å². The first-order valence-electron chi connectivity index (χ1n) is 8.58. The Bertz CT molecular complexity index is 1300. The number of sulfonamides is 1. The van der Waals surface area contributed by atoms with Gasteiger partial charge in [-0.05, 0) is 36.4 Å². The van der Waals surface area contributed by atoms with E-state index in [1.165, 1.54) is 6.07 Å². The predicted octanol–water partition coefficient (Wildman–Crippen LogP) is 5.16. The largest absolute Gasteiger partial charge is 0.240 e. The van der Waals surface area contributed by atoms with Crippen LogP contribution in [0.5, 0.6) is 0 Å².